The minimum Gasteiger partial charge on any atom is -0.488 e. The van der Waals surface area contributed by atoms with Crippen molar-refractivity contribution in [2.45, 2.75) is 13.2 Å². The van der Waals surface area contributed by atoms with Gasteiger partial charge < -0.3 is 14.2 Å². The molecule has 8 rings (SSSR count). The van der Waals surface area contributed by atoms with Crippen LogP contribution in [0.5, 0.6) is 23.0 Å². The Bertz CT molecular complexity index is 2300. The molecule has 8 aromatic rings. The van der Waals surface area contributed by atoms with Crippen LogP contribution in [-0.2, 0) is 13.2 Å². The van der Waals surface area contributed by atoms with Crippen molar-refractivity contribution in [3.63, 3.8) is 0 Å². The van der Waals surface area contributed by atoms with Gasteiger partial charge >= 0.3 is 0 Å². The molecule has 0 fully saturated rings. The Morgan fingerprint density at radius 2 is 0.765 bits per heavy atom. The van der Waals surface area contributed by atoms with E-state index in [2.05, 4.69) is 0 Å². The topological polar surface area (TPSA) is 27.7 Å². The van der Waals surface area contributed by atoms with E-state index in [4.69, 9.17) is 14.2 Å². The molecule has 51 heavy (non-hydrogen) atoms. The van der Waals surface area contributed by atoms with E-state index in [0.29, 0.717) is 34.1 Å². The number of hydrogen-bond donors (Lipinski definition) is 0. The molecule has 0 atom stereocenters. The molecule has 0 aromatic heterocycles. The molecule has 0 saturated heterocycles. The van der Waals surface area contributed by atoms with Crippen molar-refractivity contribution in [3.05, 3.63) is 193 Å². The second-order valence-electron chi connectivity index (χ2n) is 12.3. The molecule has 0 aliphatic rings. The number of benzene rings is 8. The minimum atomic E-state index is -0.402. The number of halogens is 2. The highest BCUT2D eigenvalue weighted by molar-refractivity contribution is 6.00. The van der Waals surface area contributed by atoms with Gasteiger partial charge in [0.15, 0.2) is 0 Å². The Balaban J connectivity index is 1.29. The summed E-state index contributed by atoms with van der Waals surface area (Å²) in [4.78, 5) is 0. The molecule has 8 aromatic carbocycles. The molecule has 0 saturated carbocycles. The summed E-state index contributed by atoms with van der Waals surface area (Å²) in [6.07, 6.45) is 0. The summed E-state index contributed by atoms with van der Waals surface area (Å²) in [5.41, 5.74) is 4.76. The predicted octanol–water partition coefficient (Wildman–Crippen LogP) is 12.6. The van der Waals surface area contributed by atoms with Crippen molar-refractivity contribution in [3.8, 4) is 45.3 Å². The average Bonchev–Trinajstić information content (AvgIpc) is 3.18. The van der Waals surface area contributed by atoms with Crippen molar-refractivity contribution >= 4 is 21.5 Å². The third-order valence-electron chi connectivity index (χ3n) is 8.91. The molecule has 0 amide bonds. The molecule has 5 heteroatoms. The number of rotatable bonds is 10. The summed E-state index contributed by atoms with van der Waals surface area (Å²) in [5, 5.41) is 3.68. The summed E-state index contributed by atoms with van der Waals surface area (Å²) >= 11 is 0. The van der Waals surface area contributed by atoms with Crippen molar-refractivity contribution < 1.29 is 23.0 Å². The summed E-state index contributed by atoms with van der Waals surface area (Å²) in [5.74, 6) is 1.15. The van der Waals surface area contributed by atoms with Gasteiger partial charge in [-0.05, 0) is 58.3 Å². The second kappa shape index (κ2) is 14.2. The largest absolute Gasteiger partial charge is 0.488 e. The molecule has 0 N–H and O–H groups in total. The fourth-order valence-corrected chi connectivity index (χ4v) is 6.38. The minimum absolute atomic E-state index is 0.269. The van der Waals surface area contributed by atoms with Crippen LogP contribution >= 0.6 is 0 Å². The molecular formula is C46H32F2O3. The molecule has 0 heterocycles. The molecule has 0 bridgehead atoms. The van der Waals surface area contributed by atoms with Gasteiger partial charge in [0.1, 0.15) is 47.8 Å². The van der Waals surface area contributed by atoms with E-state index in [9.17, 15) is 8.78 Å². The highest BCUT2D eigenvalue weighted by Gasteiger charge is 2.22. The fourth-order valence-electron chi connectivity index (χ4n) is 6.38. The third-order valence-corrected chi connectivity index (χ3v) is 8.91. The van der Waals surface area contributed by atoms with Crippen molar-refractivity contribution in [1.82, 2.24) is 0 Å². The van der Waals surface area contributed by atoms with Gasteiger partial charge in [-0.1, -0.05) is 121 Å². The predicted molar refractivity (Wildman–Crippen MR) is 200 cm³/mol. The van der Waals surface area contributed by atoms with Crippen LogP contribution < -0.4 is 14.2 Å². The summed E-state index contributed by atoms with van der Waals surface area (Å²) in [6, 6.07) is 52.7. The van der Waals surface area contributed by atoms with E-state index in [1.54, 1.807) is 12.1 Å². The zero-order valence-corrected chi connectivity index (χ0v) is 27.6. The summed E-state index contributed by atoms with van der Waals surface area (Å²) in [6.45, 7) is 0.537. The number of hydrogen-bond acceptors (Lipinski definition) is 3. The van der Waals surface area contributed by atoms with Crippen LogP contribution in [0, 0.1) is 11.6 Å². The van der Waals surface area contributed by atoms with E-state index in [-0.39, 0.29) is 13.2 Å². The van der Waals surface area contributed by atoms with Crippen LogP contribution in [0.15, 0.2) is 170 Å². The van der Waals surface area contributed by atoms with Crippen LogP contribution in [0.25, 0.3) is 43.8 Å². The Labute approximate surface area is 294 Å². The smallest absolute Gasteiger partial charge is 0.143 e. The van der Waals surface area contributed by atoms with Crippen molar-refractivity contribution in [2.24, 2.45) is 0 Å². The maximum absolute atomic E-state index is 14.8. The van der Waals surface area contributed by atoms with Gasteiger partial charge in [-0.15, -0.1) is 0 Å². The van der Waals surface area contributed by atoms with E-state index < -0.39 is 11.6 Å². The molecule has 3 nitrogen and oxygen atoms in total. The Morgan fingerprint density at radius 3 is 1.22 bits per heavy atom. The first kappa shape index (κ1) is 31.8. The first-order valence-electron chi connectivity index (χ1n) is 16.8. The monoisotopic (exact) mass is 670 g/mol. The van der Waals surface area contributed by atoms with Gasteiger partial charge in [0.25, 0.3) is 0 Å². The van der Waals surface area contributed by atoms with Crippen LogP contribution in [0.4, 0.5) is 8.78 Å². The Morgan fingerprint density at radius 1 is 0.373 bits per heavy atom. The van der Waals surface area contributed by atoms with Gasteiger partial charge in [-0.25, -0.2) is 8.78 Å². The van der Waals surface area contributed by atoms with E-state index >= 15 is 0 Å². The highest BCUT2D eigenvalue weighted by Crippen LogP contribution is 2.48. The number of ether oxygens (including phenoxy) is 3. The zero-order valence-electron chi connectivity index (χ0n) is 27.6. The van der Waals surface area contributed by atoms with Gasteiger partial charge in [-0.2, -0.15) is 0 Å². The van der Waals surface area contributed by atoms with Crippen molar-refractivity contribution in [2.75, 3.05) is 0 Å². The molecule has 0 unspecified atom stereocenters. The first-order chi connectivity index (χ1) is 25.1. The Hall–Kier alpha value is -6.46. The fraction of sp³-hybridized carbons (Fsp3) is 0.0435. The van der Waals surface area contributed by atoms with E-state index in [1.807, 2.05) is 133 Å². The molecule has 248 valence electrons. The Kier molecular flexibility index (Phi) is 8.84. The normalized spacial score (nSPS) is 11.1. The summed E-state index contributed by atoms with van der Waals surface area (Å²) in [7, 11) is 0. The van der Waals surface area contributed by atoms with Crippen LogP contribution in [-0.4, -0.2) is 0 Å². The lowest BCUT2D eigenvalue weighted by Gasteiger charge is -2.21. The molecule has 0 radical (unpaired) electrons. The maximum atomic E-state index is 14.8. The highest BCUT2D eigenvalue weighted by atomic mass is 19.1. The summed E-state index contributed by atoms with van der Waals surface area (Å²) < 4.78 is 49.3. The quantitative estimate of drug-likeness (QED) is 0.145. The SMILES string of the molecule is Fc1ccc(-c2ccc3ccccc3c2Oc2c(-c3ccc(F)cc3OCc3ccccc3)ccc3ccccc23)c(OCc2ccccc2)c1. The lowest BCUT2D eigenvalue weighted by molar-refractivity contribution is 0.306. The lowest BCUT2D eigenvalue weighted by Crippen LogP contribution is -2.00. The second-order valence-corrected chi connectivity index (χ2v) is 12.3. The molecular weight excluding hydrogens is 638 g/mol. The van der Waals surface area contributed by atoms with Crippen LogP contribution in [0.1, 0.15) is 11.1 Å². The van der Waals surface area contributed by atoms with Gasteiger partial charge in [0.2, 0.25) is 0 Å². The lowest BCUT2D eigenvalue weighted by atomic mass is 9.97. The van der Waals surface area contributed by atoms with Crippen LogP contribution in [0.3, 0.4) is 0 Å². The van der Waals surface area contributed by atoms with Crippen LogP contribution in [0.2, 0.25) is 0 Å². The van der Waals surface area contributed by atoms with Crippen molar-refractivity contribution in [1.29, 1.82) is 0 Å². The van der Waals surface area contributed by atoms with Gasteiger partial charge in [0, 0.05) is 45.2 Å². The van der Waals surface area contributed by atoms with E-state index in [1.165, 1.54) is 24.3 Å². The van der Waals surface area contributed by atoms with Gasteiger partial charge in [0.05, 0.1) is 0 Å². The molecule has 0 aliphatic carbocycles. The maximum Gasteiger partial charge on any atom is 0.143 e. The van der Waals surface area contributed by atoms with E-state index in [0.717, 1.165) is 43.8 Å². The molecule has 0 spiro atoms. The first-order valence-corrected chi connectivity index (χ1v) is 16.8. The zero-order chi connectivity index (χ0) is 34.6. The number of fused-ring (bicyclic) bond motifs is 2. The molecule has 0 aliphatic heterocycles. The average molecular weight is 671 g/mol. The third kappa shape index (κ3) is 6.75. The standard InChI is InChI=1S/C46H32F2O3/c47-35-21-25-39(43(27-35)49-29-31-11-3-1-4-12-31)41-23-19-33-15-7-9-17-37(33)45(41)51-46-38-18-10-8-16-34(38)20-24-42(46)40-26-22-36(48)28-44(40)50-30-32-13-5-2-6-14-32/h1-28H,29-30H2. The van der Waals surface area contributed by atoms with Gasteiger partial charge in [-0.3, -0.25) is 0 Å².